The fraction of sp³-hybridized carbons (Fsp3) is 0.600. The Morgan fingerprint density at radius 2 is 2.12 bits per heavy atom. The number of aryl methyl sites for hydroxylation is 1. The van der Waals surface area contributed by atoms with Crippen LogP contribution in [0.25, 0.3) is 0 Å². The van der Waals surface area contributed by atoms with Crippen LogP contribution in [0.15, 0.2) is 12.3 Å². The van der Waals surface area contributed by atoms with Gasteiger partial charge in [0.1, 0.15) is 11.5 Å². The summed E-state index contributed by atoms with van der Waals surface area (Å²) in [6, 6.07) is 1.71. The second-order valence-corrected chi connectivity index (χ2v) is 9.05. The van der Waals surface area contributed by atoms with Crippen LogP contribution in [-0.2, 0) is 18.3 Å². The van der Waals surface area contributed by atoms with Crippen molar-refractivity contribution in [3.8, 4) is 0 Å². The Kier molecular flexibility index (Phi) is 4.63. The number of aromatic nitrogens is 4. The molecule has 1 aliphatic rings. The highest BCUT2D eigenvalue weighted by Crippen LogP contribution is 2.40. The first-order valence-electron chi connectivity index (χ1n) is 9.30. The number of H-pyrrole nitrogens is 1. The maximum Gasteiger partial charge on any atom is 0.272 e. The Bertz CT molecular complexity index is 816. The largest absolute Gasteiger partial charge is 0.344 e. The summed E-state index contributed by atoms with van der Waals surface area (Å²) in [5.41, 5.74) is 3.42. The number of hydrogen-bond donors (Lipinski definition) is 2. The Balaban J connectivity index is 1.89. The second kappa shape index (κ2) is 6.49. The molecule has 3 rings (SSSR count). The van der Waals surface area contributed by atoms with Crippen LogP contribution in [-0.4, -0.2) is 26.1 Å². The van der Waals surface area contributed by atoms with Crippen LogP contribution in [0.3, 0.4) is 0 Å². The molecule has 0 spiro atoms. The topological polar surface area (TPSA) is 83.6 Å². The molecule has 0 saturated heterocycles. The van der Waals surface area contributed by atoms with Crippen molar-refractivity contribution in [2.24, 2.45) is 5.41 Å². The van der Waals surface area contributed by atoms with Crippen molar-refractivity contribution >= 4 is 5.91 Å². The Labute approximate surface area is 155 Å². The van der Waals surface area contributed by atoms with E-state index in [0.717, 1.165) is 42.0 Å². The lowest BCUT2D eigenvalue weighted by Gasteiger charge is -2.37. The van der Waals surface area contributed by atoms with Gasteiger partial charge in [-0.15, -0.1) is 0 Å². The predicted octanol–water partition coefficient (Wildman–Crippen LogP) is 3.50. The molecule has 1 amide bonds. The summed E-state index contributed by atoms with van der Waals surface area (Å²) in [5, 5.41) is 10.2. The van der Waals surface area contributed by atoms with Crippen LogP contribution in [0.4, 0.5) is 0 Å². The molecule has 2 aromatic rings. The van der Waals surface area contributed by atoms with Crippen molar-refractivity contribution in [2.45, 2.75) is 72.3 Å². The van der Waals surface area contributed by atoms with Gasteiger partial charge in [-0.1, -0.05) is 41.5 Å². The molecule has 1 atom stereocenters. The van der Waals surface area contributed by atoms with Gasteiger partial charge >= 0.3 is 0 Å². The molecule has 2 N–H and O–H groups in total. The van der Waals surface area contributed by atoms with E-state index in [4.69, 9.17) is 4.98 Å². The molecule has 0 aliphatic heterocycles. The standard InChI is InChI=1S/C20H29N5O/c1-7-12-8-14(25-24-12)17(26)22-15-9-20(5,6)10-16-13(15)11-21-18(23-16)19(2,3)4/h8,11,15H,7,9-10H2,1-6H3,(H,22,26)(H,24,25). The third kappa shape index (κ3) is 3.79. The van der Waals surface area contributed by atoms with E-state index in [1.54, 1.807) is 0 Å². The Hall–Kier alpha value is -2.24. The van der Waals surface area contributed by atoms with Gasteiger partial charge in [-0.25, -0.2) is 9.97 Å². The minimum absolute atomic E-state index is 0.0641. The number of rotatable bonds is 3. The zero-order valence-corrected chi connectivity index (χ0v) is 16.6. The van der Waals surface area contributed by atoms with Crippen LogP contribution >= 0.6 is 0 Å². The summed E-state index contributed by atoms with van der Waals surface area (Å²) in [4.78, 5) is 22.1. The highest BCUT2D eigenvalue weighted by atomic mass is 16.2. The van der Waals surface area contributed by atoms with E-state index < -0.39 is 0 Å². The number of carbonyl (C=O) groups excluding carboxylic acids is 1. The van der Waals surface area contributed by atoms with Crippen molar-refractivity contribution in [2.75, 3.05) is 0 Å². The van der Waals surface area contributed by atoms with E-state index in [1.165, 1.54) is 0 Å². The fourth-order valence-electron chi connectivity index (χ4n) is 3.43. The third-order valence-electron chi connectivity index (χ3n) is 4.90. The van der Waals surface area contributed by atoms with Gasteiger partial charge in [-0.05, 0) is 30.7 Å². The molecule has 140 valence electrons. The molecule has 0 saturated carbocycles. The summed E-state index contributed by atoms with van der Waals surface area (Å²) in [6.45, 7) is 12.8. The molecule has 1 unspecified atom stereocenters. The molecular formula is C20H29N5O. The molecular weight excluding hydrogens is 326 g/mol. The monoisotopic (exact) mass is 355 g/mol. The first-order valence-corrected chi connectivity index (χ1v) is 9.30. The number of hydrogen-bond acceptors (Lipinski definition) is 4. The average molecular weight is 355 g/mol. The Morgan fingerprint density at radius 3 is 2.73 bits per heavy atom. The summed E-state index contributed by atoms with van der Waals surface area (Å²) in [6.07, 6.45) is 4.46. The van der Waals surface area contributed by atoms with Crippen molar-refractivity contribution in [1.29, 1.82) is 0 Å². The lowest BCUT2D eigenvalue weighted by atomic mass is 9.74. The number of aromatic amines is 1. The number of nitrogens with zero attached hydrogens (tertiary/aromatic N) is 3. The number of nitrogens with one attached hydrogen (secondary N) is 2. The van der Waals surface area contributed by atoms with Gasteiger partial charge < -0.3 is 5.32 Å². The molecule has 2 heterocycles. The molecule has 1 aliphatic carbocycles. The van der Waals surface area contributed by atoms with Crippen LogP contribution < -0.4 is 5.32 Å². The molecule has 0 radical (unpaired) electrons. The van der Waals surface area contributed by atoms with Crippen LogP contribution in [0, 0.1) is 5.41 Å². The van der Waals surface area contributed by atoms with Crippen molar-refractivity contribution in [3.05, 3.63) is 40.7 Å². The van der Waals surface area contributed by atoms with Crippen LogP contribution in [0.2, 0.25) is 0 Å². The minimum atomic E-state index is -0.158. The normalized spacial score (nSPS) is 19.1. The van der Waals surface area contributed by atoms with Gasteiger partial charge in [0.25, 0.3) is 5.91 Å². The number of amides is 1. The first-order chi connectivity index (χ1) is 12.1. The summed E-state index contributed by atoms with van der Waals surface area (Å²) in [5.74, 6) is 0.688. The molecule has 0 bridgehead atoms. The van der Waals surface area contributed by atoms with Gasteiger partial charge in [0, 0.05) is 28.6 Å². The predicted molar refractivity (Wildman–Crippen MR) is 101 cm³/mol. The van der Waals surface area contributed by atoms with Crippen molar-refractivity contribution in [1.82, 2.24) is 25.5 Å². The van der Waals surface area contributed by atoms with Gasteiger partial charge in [-0.3, -0.25) is 9.89 Å². The summed E-state index contributed by atoms with van der Waals surface area (Å²) in [7, 11) is 0. The third-order valence-corrected chi connectivity index (χ3v) is 4.90. The minimum Gasteiger partial charge on any atom is -0.344 e. The lowest BCUT2D eigenvalue weighted by molar-refractivity contribution is 0.0913. The smallest absolute Gasteiger partial charge is 0.272 e. The molecule has 6 nitrogen and oxygen atoms in total. The van der Waals surface area contributed by atoms with E-state index in [-0.39, 0.29) is 22.8 Å². The molecule has 26 heavy (non-hydrogen) atoms. The molecule has 0 fully saturated rings. The van der Waals surface area contributed by atoms with Crippen LogP contribution in [0.5, 0.6) is 0 Å². The second-order valence-electron chi connectivity index (χ2n) is 9.05. The number of fused-ring (bicyclic) bond motifs is 1. The average Bonchev–Trinajstić information content (AvgIpc) is 3.01. The fourth-order valence-corrected chi connectivity index (χ4v) is 3.43. The first kappa shape index (κ1) is 18.5. The van der Waals surface area contributed by atoms with Crippen molar-refractivity contribution < 1.29 is 4.79 Å². The van der Waals surface area contributed by atoms with E-state index in [9.17, 15) is 4.79 Å². The van der Waals surface area contributed by atoms with Crippen molar-refractivity contribution in [3.63, 3.8) is 0 Å². The van der Waals surface area contributed by atoms with Gasteiger partial charge in [-0.2, -0.15) is 5.10 Å². The zero-order chi connectivity index (χ0) is 19.1. The zero-order valence-electron chi connectivity index (χ0n) is 16.6. The van der Waals surface area contributed by atoms with E-state index >= 15 is 0 Å². The van der Waals surface area contributed by atoms with Crippen LogP contribution in [0.1, 0.15) is 87.3 Å². The Morgan fingerprint density at radius 1 is 1.38 bits per heavy atom. The lowest BCUT2D eigenvalue weighted by Crippen LogP contribution is -2.37. The molecule has 6 heteroatoms. The SMILES string of the molecule is CCc1cc(C(=O)NC2CC(C)(C)Cc3nc(C(C)(C)C)ncc32)n[nH]1. The van der Waals surface area contributed by atoms with Gasteiger partial charge in [0.15, 0.2) is 0 Å². The molecule has 2 aromatic heterocycles. The quantitative estimate of drug-likeness (QED) is 0.882. The highest BCUT2D eigenvalue weighted by Gasteiger charge is 2.35. The number of carbonyl (C=O) groups is 1. The summed E-state index contributed by atoms with van der Waals surface area (Å²) < 4.78 is 0. The van der Waals surface area contributed by atoms with Gasteiger partial charge in [0.2, 0.25) is 0 Å². The maximum absolute atomic E-state index is 12.7. The van der Waals surface area contributed by atoms with E-state index in [0.29, 0.717) is 5.69 Å². The van der Waals surface area contributed by atoms with E-state index in [2.05, 4.69) is 55.1 Å². The van der Waals surface area contributed by atoms with Gasteiger partial charge in [0.05, 0.1) is 6.04 Å². The van der Waals surface area contributed by atoms with E-state index in [1.807, 2.05) is 19.2 Å². The maximum atomic E-state index is 12.7. The molecule has 0 aromatic carbocycles. The highest BCUT2D eigenvalue weighted by molar-refractivity contribution is 5.92. The summed E-state index contributed by atoms with van der Waals surface area (Å²) >= 11 is 0.